The number of carbonyl (C=O) groups excluding carboxylic acids is 2. The van der Waals surface area contributed by atoms with E-state index >= 15 is 0 Å². The highest BCUT2D eigenvalue weighted by Gasteiger charge is 2.29. The topological polar surface area (TPSA) is 63.4 Å². The third-order valence-corrected chi connectivity index (χ3v) is 2.90. The van der Waals surface area contributed by atoms with Crippen LogP contribution in [-0.4, -0.2) is 34.7 Å². The second-order valence-electron chi connectivity index (χ2n) is 4.14. The molecule has 1 saturated heterocycles. The molecular formula is C11H14N2O3. The van der Waals surface area contributed by atoms with E-state index in [0.29, 0.717) is 25.2 Å². The summed E-state index contributed by atoms with van der Waals surface area (Å²) in [6.45, 7) is 4.52. The number of aryl methyl sites for hydroxylation is 1. The van der Waals surface area contributed by atoms with Gasteiger partial charge in [0.05, 0.1) is 5.69 Å². The van der Waals surface area contributed by atoms with Crippen molar-refractivity contribution in [2.75, 3.05) is 13.1 Å². The van der Waals surface area contributed by atoms with Crippen LogP contribution >= 0.6 is 0 Å². The fourth-order valence-corrected chi connectivity index (χ4v) is 1.85. The number of likely N-dealkylation sites (tertiary alicyclic amines) is 1. The average molecular weight is 222 g/mol. The van der Waals surface area contributed by atoms with Gasteiger partial charge in [-0.1, -0.05) is 6.92 Å². The number of aromatic nitrogens is 1. The zero-order valence-electron chi connectivity index (χ0n) is 9.40. The van der Waals surface area contributed by atoms with E-state index in [1.165, 1.54) is 6.39 Å². The number of oxazole rings is 1. The van der Waals surface area contributed by atoms with Crippen LogP contribution in [0.5, 0.6) is 0 Å². The summed E-state index contributed by atoms with van der Waals surface area (Å²) in [4.78, 5) is 28.9. The first-order chi connectivity index (χ1) is 7.59. The molecule has 0 radical (unpaired) electrons. The summed E-state index contributed by atoms with van der Waals surface area (Å²) in [6.07, 6.45) is 1.70. The molecule has 5 heteroatoms. The lowest BCUT2D eigenvalue weighted by Crippen LogP contribution is -2.43. The average Bonchev–Trinajstić information content (AvgIpc) is 2.67. The molecule has 0 bridgehead atoms. The SMILES string of the molecule is Cc1ncoc1C(=O)N1CCC(=O)C(C)C1. The Balaban J connectivity index is 2.12. The Labute approximate surface area is 93.4 Å². The van der Waals surface area contributed by atoms with Crippen LogP contribution in [-0.2, 0) is 4.79 Å². The van der Waals surface area contributed by atoms with Gasteiger partial charge in [-0.3, -0.25) is 9.59 Å². The molecule has 0 spiro atoms. The minimum Gasteiger partial charge on any atom is -0.438 e. The number of Topliss-reactive ketones (excluding diaryl/α,β-unsaturated/α-hetero) is 1. The zero-order valence-corrected chi connectivity index (χ0v) is 9.40. The van der Waals surface area contributed by atoms with Crippen molar-refractivity contribution in [3.8, 4) is 0 Å². The highest BCUT2D eigenvalue weighted by Crippen LogP contribution is 2.16. The lowest BCUT2D eigenvalue weighted by molar-refractivity contribution is -0.124. The largest absolute Gasteiger partial charge is 0.438 e. The maximum Gasteiger partial charge on any atom is 0.291 e. The summed E-state index contributed by atoms with van der Waals surface area (Å²) in [5.41, 5.74) is 0.592. The van der Waals surface area contributed by atoms with Gasteiger partial charge >= 0.3 is 0 Å². The number of nitrogens with zero attached hydrogens (tertiary/aromatic N) is 2. The number of carbonyl (C=O) groups is 2. The molecule has 0 saturated carbocycles. The predicted octanol–water partition coefficient (Wildman–Crippen LogP) is 1.03. The highest BCUT2D eigenvalue weighted by atomic mass is 16.3. The fourth-order valence-electron chi connectivity index (χ4n) is 1.85. The molecule has 1 aromatic heterocycles. The van der Waals surface area contributed by atoms with Gasteiger partial charge < -0.3 is 9.32 Å². The van der Waals surface area contributed by atoms with Crippen molar-refractivity contribution in [1.29, 1.82) is 0 Å². The molecule has 86 valence electrons. The number of ketones is 1. The van der Waals surface area contributed by atoms with Crippen LogP contribution in [0.3, 0.4) is 0 Å². The molecule has 1 amide bonds. The molecule has 1 aliphatic heterocycles. The first-order valence-corrected chi connectivity index (χ1v) is 5.31. The van der Waals surface area contributed by atoms with Gasteiger partial charge in [-0.15, -0.1) is 0 Å². The summed E-state index contributed by atoms with van der Waals surface area (Å²) >= 11 is 0. The highest BCUT2D eigenvalue weighted by molar-refractivity contribution is 5.94. The van der Waals surface area contributed by atoms with Gasteiger partial charge in [0.2, 0.25) is 5.76 Å². The van der Waals surface area contributed by atoms with Gasteiger partial charge in [0, 0.05) is 25.4 Å². The van der Waals surface area contributed by atoms with Crippen LogP contribution in [0.4, 0.5) is 0 Å². The monoisotopic (exact) mass is 222 g/mol. The lowest BCUT2D eigenvalue weighted by Gasteiger charge is -2.29. The smallest absolute Gasteiger partial charge is 0.291 e. The molecular weight excluding hydrogens is 208 g/mol. The number of hydrogen-bond acceptors (Lipinski definition) is 4. The summed E-state index contributed by atoms with van der Waals surface area (Å²) < 4.78 is 5.05. The van der Waals surface area contributed by atoms with Gasteiger partial charge in [0.15, 0.2) is 6.39 Å². The van der Waals surface area contributed by atoms with E-state index < -0.39 is 0 Å². The first-order valence-electron chi connectivity index (χ1n) is 5.31. The summed E-state index contributed by atoms with van der Waals surface area (Å²) in [7, 11) is 0. The van der Waals surface area contributed by atoms with E-state index in [1.54, 1.807) is 11.8 Å². The summed E-state index contributed by atoms with van der Waals surface area (Å²) in [6, 6.07) is 0. The number of piperidine rings is 1. The van der Waals surface area contributed by atoms with Crippen molar-refractivity contribution in [3.63, 3.8) is 0 Å². The maximum atomic E-state index is 12.0. The van der Waals surface area contributed by atoms with Crippen LogP contribution in [0.15, 0.2) is 10.8 Å². The Morgan fingerprint density at radius 1 is 1.62 bits per heavy atom. The zero-order chi connectivity index (χ0) is 11.7. The molecule has 1 aromatic rings. The van der Waals surface area contributed by atoms with Crippen LogP contribution in [0, 0.1) is 12.8 Å². The number of amides is 1. The normalized spacial score (nSPS) is 21.2. The van der Waals surface area contributed by atoms with Gasteiger partial charge in [-0.2, -0.15) is 0 Å². The third kappa shape index (κ3) is 1.85. The minimum absolute atomic E-state index is 0.0825. The molecule has 0 N–H and O–H groups in total. The lowest BCUT2D eigenvalue weighted by atomic mass is 9.98. The van der Waals surface area contributed by atoms with Gasteiger partial charge in [-0.05, 0) is 6.92 Å². The van der Waals surface area contributed by atoms with Crippen molar-refractivity contribution < 1.29 is 14.0 Å². The predicted molar refractivity (Wildman–Crippen MR) is 55.9 cm³/mol. The third-order valence-electron chi connectivity index (χ3n) is 2.90. The molecule has 1 aliphatic rings. The van der Waals surface area contributed by atoms with E-state index in [4.69, 9.17) is 4.42 Å². The second kappa shape index (κ2) is 4.08. The Bertz CT molecular complexity index is 425. The quantitative estimate of drug-likeness (QED) is 0.712. The van der Waals surface area contributed by atoms with Gasteiger partial charge in [-0.25, -0.2) is 4.98 Å². The van der Waals surface area contributed by atoms with Gasteiger partial charge in [0.25, 0.3) is 5.91 Å². The van der Waals surface area contributed by atoms with E-state index in [9.17, 15) is 9.59 Å². The molecule has 5 nitrogen and oxygen atoms in total. The van der Waals surface area contributed by atoms with E-state index in [1.807, 2.05) is 6.92 Å². The van der Waals surface area contributed by atoms with Crippen LogP contribution in [0.2, 0.25) is 0 Å². The van der Waals surface area contributed by atoms with Crippen molar-refractivity contribution in [2.24, 2.45) is 5.92 Å². The molecule has 16 heavy (non-hydrogen) atoms. The molecule has 2 rings (SSSR count). The Morgan fingerprint density at radius 3 is 2.94 bits per heavy atom. The molecule has 0 aliphatic carbocycles. The van der Waals surface area contributed by atoms with Gasteiger partial charge in [0.1, 0.15) is 5.78 Å². The van der Waals surface area contributed by atoms with Crippen molar-refractivity contribution in [3.05, 3.63) is 17.8 Å². The summed E-state index contributed by atoms with van der Waals surface area (Å²) in [5.74, 6) is 0.246. The standard InChI is InChI=1S/C11H14N2O3/c1-7-5-13(4-3-9(7)14)11(15)10-8(2)12-6-16-10/h6-7H,3-5H2,1-2H3. The van der Waals surface area contributed by atoms with Crippen molar-refractivity contribution in [1.82, 2.24) is 9.88 Å². The summed E-state index contributed by atoms with van der Waals surface area (Å²) in [5, 5.41) is 0. The number of hydrogen-bond donors (Lipinski definition) is 0. The van der Waals surface area contributed by atoms with Crippen molar-refractivity contribution >= 4 is 11.7 Å². The fraction of sp³-hybridized carbons (Fsp3) is 0.545. The van der Waals surface area contributed by atoms with E-state index in [2.05, 4.69) is 4.98 Å². The van der Waals surface area contributed by atoms with Crippen LogP contribution < -0.4 is 0 Å². The first kappa shape index (κ1) is 10.9. The van der Waals surface area contributed by atoms with Crippen LogP contribution in [0.1, 0.15) is 29.6 Å². The second-order valence-corrected chi connectivity index (χ2v) is 4.14. The Morgan fingerprint density at radius 2 is 2.38 bits per heavy atom. The maximum absolute atomic E-state index is 12.0. The van der Waals surface area contributed by atoms with Crippen LogP contribution in [0.25, 0.3) is 0 Å². The molecule has 1 unspecified atom stereocenters. The molecule has 1 fully saturated rings. The Hall–Kier alpha value is -1.65. The van der Waals surface area contributed by atoms with E-state index in [-0.39, 0.29) is 23.4 Å². The molecule has 1 atom stereocenters. The van der Waals surface area contributed by atoms with E-state index in [0.717, 1.165) is 0 Å². The van der Waals surface area contributed by atoms with Crippen molar-refractivity contribution in [2.45, 2.75) is 20.3 Å². The Kier molecular flexibility index (Phi) is 2.77. The minimum atomic E-state index is -0.172. The number of rotatable bonds is 1. The molecule has 0 aromatic carbocycles. The molecule has 2 heterocycles.